The van der Waals surface area contributed by atoms with Crippen molar-refractivity contribution in [3.8, 4) is 0 Å². The van der Waals surface area contributed by atoms with Gasteiger partial charge in [-0.05, 0) is 44.2 Å². The van der Waals surface area contributed by atoms with Crippen molar-refractivity contribution in [2.75, 3.05) is 0 Å². The molecule has 2 aromatic rings. The number of aromatic nitrogens is 2. The first-order chi connectivity index (χ1) is 10.6. The van der Waals surface area contributed by atoms with Crippen LogP contribution in [0.15, 0.2) is 28.6 Å². The number of nitrogens with one attached hydrogen (secondary N) is 1. The van der Waals surface area contributed by atoms with Gasteiger partial charge in [-0.3, -0.25) is 4.79 Å². The molecule has 1 aliphatic rings. The van der Waals surface area contributed by atoms with Crippen LogP contribution in [-0.4, -0.2) is 21.4 Å². The molecule has 1 N–H and O–H groups in total. The van der Waals surface area contributed by atoms with Gasteiger partial charge in [0.2, 0.25) is 5.91 Å². The van der Waals surface area contributed by atoms with Crippen molar-refractivity contribution >= 4 is 29.0 Å². The zero-order valence-electron chi connectivity index (χ0n) is 12.7. The van der Waals surface area contributed by atoms with E-state index in [2.05, 4.69) is 33.7 Å². The van der Waals surface area contributed by atoms with Gasteiger partial charge in [0, 0.05) is 0 Å². The van der Waals surface area contributed by atoms with Crippen molar-refractivity contribution in [2.24, 2.45) is 0 Å². The van der Waals surface area contributed by atoms with Crippen LogP contribution < -0.4 is 5.32 Å². The summed E-state index contributed by atoms with van der Waals surface area (Å²) >= 11 is 3.00. The first kappa shape index (κ1) is 15.5. The van der Waals surface area contributed by atoms with Crippen LogP contribution in [0.3, 0.4) is 0 Å². The summed E-state index contributed by atoms with van der Waals surface area (Å²) in [6, 6.07) is 8.54. The molecule has 0 radical (unpaired) electrons. The zero-order chi connectivity index (χ0) is 15.5. The first-order valence-corrected chi connectivity index (χ1v) is 9.18. The number of carbonyl (C=O) groups excluding carboxylic acids is 1. The summed E-state index contributed by atoms with van der Waals surface area (Å²) < 4.78 is 0.851. The third-order valence-corrected chi connectivity index (χ3v) is 5.86. The highest BCUT2D eigenvalue weighted by Gasteiger charge is 2.24. The lowest BCUT2D eigenvalue weighted by Crippen LogP contribution is -2.35. The quantitative estimate of drug-likeness (QED) is 0.870. The standard InChI is InChI=1S/C16H19N3OS2/c1-10(21-16-19-18-11(2)22-16)15(20)17-14-9-5-7-12-6-3-4-8-13(12)14/h3-4,6,8,10,14H,5,7,9H2,1-2H3,(H,17,20)/t10-,14+/m1/s1. The summed E-state index contributed by atoms with van der Waals surface area (Å²) in [5, 5.41) is 12.0. The van der Waals surface area contributed by atoms with E-state index < -0.39 is 0 Å². The van der Waals surface area contributed by atoms with E-state index in [-0.39, 0.29) is 17.2 Å². The zero-order valence-corrected chi connectivity index (χ0v) is 14.3. The van der Waals surface area contributed by atoms with Gasteiger partial charge in [0.15, 0.2) is 4.34 Å². The van der Waals surface area contributed by atoms with Crippen LogP contribution in [0.5, 0.6) is 0 Å². The number of carbonyl (C=O) groups is 1. The fourth-order valence-corrected chi connectivity index (χ4v) is 4.69. The molecule has 3 rings (SSSR count). The van der Waals surface area contributed by atoms with E-state index in [4.69, 9.17) is 0 Å². The SMILES string of the molecule is Cc1nnc(S[C@H](C)C(=O)N[C@H]2CCCc3ccccc32)s1. The van der Waals surface area contributed by atoms with Crippen LogP contribution in [0.2, 0.25) is 0 Å². The predicted molar refractivity (Wildman–Crippen MR) is 90.2 cm³/mol. The van der Waals surface area contributed by atoms with Gasteiger partial charge in [0.05, 0.1) is 11.3 Å². The molecule has 22 heavy (non-hydrogen) atoms. The normalized spacial score (nSPS) is 18.5. The Morgan fingerprint density at radius 2 is 2.23 bits per heavy atom. The first-order valence-electron chi connectivity index (χ1n) is 7.48. The third kappa shape index (κ3) is 3.50. The Morgan fingerprint density at radius 1 is 1.41 bits per heavy atom. The van der Waals surface area contributed by atoms with E-state index in [1.54, 1.807) is 0 Å². The van der Waals surface area contributed by atoms with Crippen molar-refractivity contribution in [3.63, 3.8) is 0 Å². The summed E-state index contributed by atoms with van der Waals surface area (Å²) in [5.74, 6) is 0.0690. The summed E-state index contributed by atoms with van der Waals surface area (Å²) in [6.07, 6.45) is 3.24. The van der Waals surface area contributed by atoms with Crippen LogP contribution in [0, 0.1) is 6.92 Å². The molecule has 4 nitrogen and oxygen atoms in total. The molecular weight excluding hydrogens is 314 g/mol. The van der Waals surface area contributed by atoms with Gasteiger partial charge in [-0.2, -0.15) is 0 Å². The molecule has 0 saturated carbocycles. The topological polar surface area (TPSA) is 54.9 Å². The number of rotatable bonds is 4. The van der Waals surface area contributed by atoms with E-state index >= 15 is 0 Å². The third-order valence-electron chi connectivity index (χ3n) is 3.84. The Bertz CT molecular complexity index is 671. The number of amides is 1. The second-order valence-electron chi connectivity index (χ2n) is 5.50. The highest BCUT2D eigenvalue weighted by atomic mass is 32.2. The number of benzene rings is 1. The molecule has 2 atom stereocenters. The summed E-state index contributed by atoms with van der Waals surface area (Å²) in [5.41, 5.74) is 2.63. The van der Waals surface area contributed by atoms with Crippen LogP contribution in [-0.2, 0) is 11.2 Å². The van der Waals surface area contributed by atoms with Gasteiger partial charge in [-0.1, -0.05) is 47.4 Å². The molecule has 1 aromatic heterocycles. The lowest BCUT2D eigenvalue weighted by molar-refractivity contribution is -0.121. The second-order valence-corrected chi connectivity index (χ2v) is 8.27. The maximum Gasteiger partial charge on any atom is 0.233 e. The summed E-state index contributed by atoms with van der Waals surface area (Å²) in [7, 11) is 0. The number of fused-ring (bicyclic) bond motifs is 1. The average Bonchev–Trinajstić information content (AvgIpc) is 2.92. The molecule has 0 unspecified atom stereocenters. The minimum Gasteiger partial charge on any atom is -0.348 e. The second kappa shape index (κ2) is 6.79. The highest BCUT2D eigenvalue weighted by Crippen LogP contribution is 2.31. The molecule has 0 fully saturated rings. The van der Waals surface area contributed by atoms with E-state index in [0.717, 1.165) is 28.6 Å². The largest absolute Gasteiger partial charge is 0.348 e. The molecule has 0 spiro atoms. The van der Waals surface area contributed by atoms with Gasteiger partial charge in [-0.25, -0.2) is 0 Å². The van der Waals surface area contributed by atoms with Crippen LogP contribution in [0.25, 0.3) is 0 Å². The lowest BCUT2D eigenvalue weighted by atomic mass is 9.88. The van der Waals surface area contributed by atoms with Gasteiger partial charge in [-0.15, -0.1) is 10.2 Å². The molecule has 1 amide bonds. The monoisotopic (exact) mass is 333 g/mol. The maximum absolute atomic E-state index is 12.5. The van der Waals surface area contributed by atoms with E-state index in [1.807, 2.05) is 19.9 Å². The van der Waals surface area contributed by atoms with Crippen molar-refractivity contribution in [1.29, 1.82) is 0 Å². The van der Waals surface area contributed by atoms with Crippen LogP contribution in [0.1, 0.15) is 41.9 Å². The number of hydrogen-bond donors (Lipinski definition) is 1. The highest BCUT2D eigenvalue weighted by molar-refractivity contribution is 8.02. The molecule has 1 aliphatic carbocycles. The molecular formula is C16H19N3OS2. The lowest BCUT2D eigenvalue weighted by Gasteiger charge is -2.27. The van der Waals surface area contributed by atoms with Gasteiger partial charge < -0.3 is 5.32 Å². The van der Waals surface area contributed by atoms with Gasteiger partial charge in [0.1, 0.15) is 5.01 Å². The molecule has 0 aliphatic heterocycles. The van der Waals surface area contributed by atoms with Gasteiger partial charge >= 0.3 is 0 Å². The van der Waals surface area contributed by atoms with E-state index in [1.165, 1.54) is 34.2 Å². The maximum atomic E-state index is 12.5. The van der Waals surface area contributed by atoms with Crippen LogP contribution in [0.4, 0.5) is 0 Å². The number of hydrogen-bond acceptors (Lipinski definition) is 5. The van der Waals surface area contributed by atoms with Crippen molar-refractivity contribution in [2.45, 2.75) is 48.7 Å². The smallest absolute Gasteiger partial charge is 0.233 e. The van der Waals surface area contributed by atoms with Crippen molar-refractivity contribution < 1.29 is 4.79 Å². The van der Waals surface area contributed by atoms with Crippen LogP contribution >= 0.6 is 23.1 Å². The number of thioether (sulfide) groups is 1. The predicted octanol–water partition coefficient (Wildman–Crippen LogP) is 3.52. The van der Waals surface area contributed by atoms with E-state index in [9.17, 15) is 4.79 Å². The average molecular weight is 333 g/mol. The number of aryl methyl sites for hydroxylation is 2. The van der Waals surface area contributed by atoms with Gasteiger partial charge in [0.25, 0.3) is 0 Å². The molecule has 0 saturated heterocycles. The molecule has 116 valence electrons. The summed E-state index contributed by atoms with van der Waals surface area (Å²) in [6.45, 7) is 3.84. The molecule has 0 bridgehead atoms. The Hall–Kier alpha value is -1.40. The Kier molecular flexibility index (Phi) is 4.78. The van der Waals surface area contributed by atoms with Crippen molar-refractivity contribution in [1.82, 2.24) is 15.5 Å². The summed E-state index contributed by atoms with van der Waals surface area (Å²) in [4.78, 5) is 12.5. The fourth-order valence-electron chi connectivity index (χ4n) is 2.72. The molecule has 1 heterocycles. The number of nitrogens with zero attached hydrogens (tertiary/aromatic N) is 2. The Labute approximate surface area is 138 Å². The fraction of sp³-hybridized carbons (Fsp3) is 0.438. The molecule has 1 aromatic carbocycles. The Balaban J connectivity index is 1.64. The minimum absolute atomic E-state index is 0.0690. The molecule has 6 heteroatoms. The van der Waals surface area contributed by atoms with Crippen molar-refractivity contribution in [3.05, 3.63) is 40.4 Å². The minimum atomic E-state index is -0.165. The van der Waals surface area contributed by atoms with E-state index in [0.29, 0.717) is 0 Å². The Morgan fingerprint density at radius 3 is 3.00 bits per heavy atom.